The third-order valence-corrected chi connectivity index (χ3v) is 4.07. The van der Waals surface area contributed by atoms with E-state index < -0.39 is 27.8 Å². The number of carbonyl (C=O) groups is 2. The highest BCUT2D eigenvalue weighted by Gasteiger charge is 2.16. The van der Waals surface area contributed by atoms with Crippen LogP contribution in [0.4, 0.5) is 0 Å². The molecule has 1 amide bonds. The fraction of sp³-hybridized carbons (Fsp3) is 0.429. The summed E-state index contributed by atoms with van der Waals surface area (Å²) in [5.41, 5.74) is 0.300. The number of carbonyl (C=O) groups excluding carboxylic acids is 1. The minimum absolute atomic E-state index is 0.134. The van der Waals surface area contributed by atoms with Crippen LogP contribution in [-0.2, 0) is 14.6 Å². The van der Waals surface area contributed by atoms with Crippen LogP contribution in [0.15, 0.2) is 29.2 Å². The standard InChI is InChI=1S/C14H19NO5S/c1-3-4-11(9-13(16)17)15-14(18)10-5-7-12(8-6-10)21(2,19)20/h5-8,11H,3-4,9H2,1-2H3,(H,15,18)(H,16,17). The SMILES string of the molecule is CCCC(CC(=O)O)NC(=O)c1ccc(S(C)(=O)=O)cc1. The predicted octanol–water partition coefficient (Wildman–Crippen LogP) is 1.46. The number of hydrogen-bond acceptors (Lipinski definition) is 4. The lowest BCUT2D eigenvalue weighted by Gasteiger charge is -2.16. The van der Waals surface area contributed by atoms with Crippen LogP contribution in [0.1, 0.15) is 36.5 Å². The maximum absolute atomic E-state index is 12.0. The van der Waals surface area contributed by atoms with E-state index in [9.17, 15) is 18.0 Å². The van der Waals surface area contributed by atoms with Gasteiger partial charge in [0.15, 0.2) is 9.84 Å². The number of rotatable bonds is 7. The van der Waals surface area contributed by atoms with Crippen LogP contribution in [-0.4, -0.2) is 37.7 Å². The number of aliphatic carboxylic acids is 1. The second-order valence-electron chi connectivity index (χ2n) is 4.85. The first kappa shape index (κ1) is 17.2. The molecule has 116 valence electrons. The van der Waals surface area contributed by atoms with Gasteiger partial charge in [-0.05, 0) is 30.7 Å². The maximum atomic E-state index is 12.0. The van der Waals surface area contributed by atoms with Crippen LogP contribution in [0.3, 0.4) is 0 Å². The molecule has 0 saturated heterocycles. The average Bonchev–Trinajstić information content (AvgIpc) is 2.37. The van der Waals surface area contributed by atoms with E-state index in [2.05, 4.69) is 5.32 Å². The average molecular weight is 313 g/mol. The number of amides is 1. The highest BCUT2D eigenvalue weighted by atomic mass is 32.2. The maximum Gasteiger partial charge on any atom is 0.305 e. The van der Waals surface area contributed by atoms with Gasteiger partial charge < -0.3 is 10.4 Å². The number of hydrogen-bond donors (Lipinski definition) is 2. The molecule has 1 aromatic carbocycles. The first-order valence-corrected chi connectivity index (χ1v) is 8.46. The molecule has 1 aromatic rings. The van der Waals surface area contributed by atoms with E-state index >= 15 is 0 Å². The van der Waals surface area contributed by atoms with Crippen LogP contribution in [0.2, 0.25) is 0 Å². The van der Waals surface area contributed by atoms with Crippen LogP contribution >= 0.6 is 0 Å². The van der Waals surface area contributed by atoms with E-state index in [1.54, 1.807) is 0 Å². The van der Waals surface area contributed by atoms with Gasteiger partial charge in [-0.15, -0.1) is 0 Å². The van der Waals surface area contributed by atoms with E-state index in [-0.39, 0.29) is 11.3 Å². The van der Waals surface area contributed by atoms with Crippen LogP contribution in [0.25, 0.3) is 0 Å². The van der Waals surface area contributed by atoms with Gasteiger partial charge in [0.1, 0.15) is 0 Å². The second kappa shape index (κ2) is 7.21. The Hall–Kier alpha value is -1.89. The molecule has 0 bridgehead atoms. The highest BCUT2D eigenvalue weighted by Crippen LogP contribution is 2.11. The van der Waals surface area contributed by atoms with Gasteiger partial charge in [-0.25, -0.2) is 8.42 Å². The summed E-state index contributed by atoms with van der Waals surface area (Å²) >= 11 is 0. The third-order valence-electron chi connectivity index (χ3n) is 2.94. The Morgan fingerprint density at radius 3 is 2.24 bits per heavy atom. The molecule has 1 unspecified atom stereocenters. The molecule has 21 heavy (non-hydrogen) atoms. The van der Waals surface area contributed by atoms with E-state index in [1.807, 2.05) is 6.92 Å². The normalized spacial score (nSPS) is 12.7. The van der Waals surface area contributed by atoms with Gasteiger partial charge in [0, 0.05) is 17.9 Å². The fourth-order valence-corrected chi connectivity index (χ4v) is 2.54. The van der Waals surface area contributed by atoms with Gasteiger partial charge in [0.2, 0.25) is 0 Å². The van der Waals surface area contributed by atoms with Crippen molar-refractivity contribution >= 4 is 21.7 Å². The summed E-state index contributed by atoms with van der Waals surface area (Å²) in [4.78, 5) is 22.9. The molecule has 0 fully saturated rings. The van der Waals surface area contributed by atoms with Crippen molar-refractivity contribution in [3.63, 3.8) is 0 Å². The molecule has 0 aromatic heterocycles. The van der Waals surface area contributed by atoms with Crippen molar-refractivity contribution in [3.05, 3.63) is 29.8 Å². The van der Waals surface area contributed by atoms with Gasteiger partial charge in [-0.2, -0.15) is 0 Å². The molecule has 1 rings (SSSR count). The Kier molecular flexibility index (Phi) is 5.90. The van der Waals surface area contributed by atoms with Gasteiger partial charge in [-0.1, -0.05) is 13.3 Å². The van der Waals surface area contributed by atoms with E-state index in [1.165, 1.54) is 24.3 Å². The van der Waals surface area contributed by atoms with Gasteiger partial charge in [-0.3, -0.25) is 9.59 Å². The lowest BCUT2D eigenvalue weighted by Crippen LogP contribution is -2.36. The summed E-state index contributed by atoms with van der Waals surface area (Å²) in [6.45, 7) is 1.90. The number of carboxylic acids is 1. The van der Waals surface area contributed by atoms with Crippen molar-refractivity contribution in [2.24, 2.45) is 0 Å². The van der Waals surface area contributed by atoms with Crippen molar-refractivity contribution < 1.29 is 23.1 Å². The first-order chi connectivity index (χ1) is 9.74. The summed E-state index contributed by atoms with van der Waals surface area (Å²) in [7, 11) is -3.30. The lowest BCUT2D eigenvalue weighted by molar-refractivity contribution is -0.137. The zero-order valence-electron chi connectivity index (χ0n) is 12.0. The van der Waals surface area contributed by atoms with Crippen LogP contribution < -0.4 is 5.32 Å². The Labute approximate surface area is 124 Å². The second-order valence-corrected chi connectivity index (χ2v) is 6.87. The molecule has 7 heteroatoms. The monoisotopic (exact) mass is 313 g/mol. The van der Waals surface area contributed by atoms with E-state index in [0.29, 0.717) is 12.0 Å². The number of benzene rings is 1. The molecule has 0 spiro atoms. The summed E-state index contributed by atoms with van der Waals surface area (Å²) < 4.78 is 22.7. The highest BCUT2D eigenvalue weighted by molar-refractivity contribution is 7.90. The zero-order chi connectivity index (χ0) is 16.0. The van der Waals surface area contributed by atoms with Gasteiger partial charge >= 0.3 is 5.97 Å². The summed E-state index contributed by atoms with van der Waals surface area (Å²) in [5.74, 6) is -1.38. The van der Waals surface area contributed by atoms with Crippen molar-refractivity contribution in [2.45, 2.75) is 37.1 Å². The summed E-state index contributed by atoms with van der Waals surface area (Å²) in [6.07, 6.45) is 2.28. The predicted molar refractivity (Wildman–Crippen MR) is 78.0 cm³/mol. The molecule has 2 N–H and O–H groups in total. The third kappa shape index (κ3) is 5.55. The molecule has 0 aliphatic carbocycles. The minimum atomic E-state index is -3.30. The zero-order valence-corrected chi connectivity index (χ0v) is 12.8. The summed E-state index contributed by atoms with van der Waals surface area (Å²) in [6, 6.07) is 5.10. The first-order valence-electron chi connectivity index (χ1n) is 6.56. The molecule has 0 heterocycles. The molecular formula is C14H19NO5S. The van der Waals surface area contributed by atoms with Crippen molar-refractivity contribution in [3.8, 4) is 0 Å². The summed E-state index contributed by atoms with van der Waals surface area (Å²) in [5, 5.41) is 11.5. The molecule has 1 atom stereocenters. The molecule has 0 aliphatic rings. The molecule has 0 saturated carbocycles. The Bertz CT molecular complexity index is 607. The fourth-order valence-electron chi connectivity index (χ4n) is 1.91. The van der Waals surface area contributed by atoms with Crippen LogP contribution in [0.5, 0.6) is 0 Å². The quantitative estimate of drug-likeness (QED) is 0.793. The largest absolute Gasteiger partial charge is 0.481 e. The van der Waals surface area contributed by atoms with Crippen molar-refractivity contribution in [1.29, 1.82) is 0 Å². The number of sulfone groups is 1. The minimum Gasteiger partial charge on any atom is -0.481 e. The number of carboxylic acid groups (broad SMARTS) is 1. The smallest absolute Gasteiger partial charge is 0.305 e. The molecule has 0 radical (unpaired) electrons. The van der Waals surface area contributed by atoms with Crippen LogP contribution in [0, 0.1) is 0 Å². The van der Waals surface area contributed by atoms with Gasteiger partial charge in [0.05, 0.1) is 11.3 Å². The topological polar surface area (TPSA) is 101 Å². The lowest BCUT2D eigenvalue weighted by atomic mass is 10.1. The Morgan fingerprint density at radius 2 is 1.81 bits per heavy atom. The Morgan fingerprint density at radius 1 is 1.24 bits per heavy atom. The van der Waals surface area contributed by atoms with E-state index in [4.69, 9.17) is 5.11 Å². The number of nitrogens with one attached hydrogen (secondary N) is 1. The molecular weight excluding hydrogens is 294 g/mol. The Balaban J connectivity index is 2.80. The van der Waals surface area contributed by atoms with Gasteiger partial charge in [0.25, 0.3) is 5.91 Å². The van der Waals surface area contributed by atoms with Crippen molar-refractivity contribution in [2.75, 3.05) is 6.26 Å². The van der Waals surface area contributed by atoms with E-state index in [0.717, 1.165) is 12.7 Å². The molecule has 0 aliphatic heterocycles. The molecule has 6 nitrogen and oxygen atoms in total. The van der Waals surface area contributed by atoms with Crippen molar-refractivity contribution in [1.82, 2.24) is 5.32 Å².